The molecule has 1 aromatic heterocycles. The first kappa shape index (κ1) is 17.7. The Bertz CT molecular complexity index is 729. The minimum Gasteiger partial charge on any atom is -0.507 e. The van der Waals surface area contributed by atoms with Crippen LogP contribution in [0.5, 0.6) is 5.75 Å². The van der Waals surface area contributed by atoms with Gasteiger partial charge < -0.3 is 19.0 Å². The van der Waals surface area contributed by atoms with Crippen LogP contribution >= 0.6 is 0 Å². The first-order chi connectivity index (χ1) is 12.6. The molecule has 26 heavy (non-hydrogen) atoms. The van der Waals surface area contributed by atoms with Gasteiger partial charge in [0.2, 0.25) is 0 Å². The number of rotatable bonds is 7. The van der Waals surface area contributed by atoms with Crippen LogP contribution in [-0.4, -0.2) is 17.8 Å². The van der Waals surface area contributed by atoms with Crippen LogP contribution < -0.4 is 5.63 Å². The average Bonchev–Trinajstić information content (AvgIpc) is 2.99. The lowest BCUT2D eigenvalue weighted by Crippen LogP contribution is -2.31. The van der Waals surface area contributed by atoms with E-state index in [9.17, 15) is 9.90 Å². The summed E-state index contributed by atoms with van der Waals surface area (Å²) in [5.41, 5.74) is -0.819. The first-order valence-corrected chi connectivity index (χ1v) is 9.87. The molecule has 1 N–H and O–H groups in total. The number of hydrogen-bond donors (Lipinski definition) is 1. The maximum atomic E-state index is 12.7. The third-order valence-corrected chi connectivity index (χ3v) is 6.12. The van der Waals surface area contributed by atoms with Crippen LogP contribution in [-0.2, 0) is 21.5 Å². The molecule has 3 heterocycles. The highest BCUT2D eigenvalue weighted by molar-refractivity contribution is 5.37. The fourth-order valence-corrected chi connectivity index (χ4v) is 4.64. The van der Waals surface area contributed by atoms with E-state index in [0.717, 1.165) is 45.1 Å². The molecule has 0 spiro atoms. The summed E-state index contributed by atoms with van der Waals surface area (Å²) in [7, 11) is 0. The molecule has 0 amide bonds. The molecule has 2 atom stereocenters. The summed E-state index contributed by atoms with van der Waals surface area (Å²) in [6.07, 6.45) is 12.2. The minimum absolute atomic E-state index is 0.00122. The van der Waals surface area contributed by atoms with Gasteiger partial charge in [-0.15, -0.1) is 0 Å². The molecule has 2 aliphatic heterocycles. The van der Waals surface area contributed by atoms with Crippen LogP contribution in [0.3, 0.4) is 0 Å². The van der Waals surface area contributed by atoms with Gasteiger partial charge in [0, 0.05) is 25.5 Å². The number of ether oxygens (including phenoxy) is 2. The molecule has 1 saturated heterocycles. The third-order valence-electron chi connectivity index (χ3n) is 6.12. The van der Waals surface area contributed by atoms with Gasteiger partial charge in [0.05, 0.1) is 12.4 Å². The van der Waals surface area contributed by atoms with Crippen LogP contribution in [0.15, 0.2) is 27.6 Å². The van der Waals surface area contributed by atoms with E-state index in [2.05, 4.69) is 0 Å². The summed E-state index contributed by atoms with van der Waals surface area (Å²) in [5.74, 6) is 0.575. The van der Waals surface area contributed by atoms with E-state index in [1.807, 2.05) is 13.0 Å². The van der Waals surface area contributed by atoms with Crippen LogP contribution in [0.25, 0.3) is 0 Å². The Labute approximate surface area is 154 Å². The Balaban J connectivity index is 1.55. The molecular formula is C21H28O5. The molecule has 0 bridgehead atoms. The Morgan fingerprint density at radius 2 is 2.19 bits per heavy atom. The van der Waals surface area contributed by atoms with E-state index < -0.39 is 11.2 Å². The van der Waals surface area contributed by atoms with Crippen molar-refractivity contribution in [3.63, 3.8) is 0 Å². The van der Waals surface area contributed by atoms with Crippen LogP contribution in [0.4, 0.5) is 0 Å². The van der Waals surface area contributed by atoms with Crippen molar-refractivity contribution in [2.24, 2.45) is 5.41 Å². The standard InChI is InChI=1S/C21H28O5/c1-2-6-21(7-4-11-25-21)18-17(22)12-16(26-19(18)23)14-20(8-9-20)13-15-5-3-10-24-15/h4,11-12,15,22H,2-3,5-10,13-14H2,1H3. The van der Waals surface area contributed by atoms with Gasteiger partial charge in [0.15, 0.2) is 0 Å². The predicted octanol–water partition coefficient (Wildman–Crippen LogP) is 4.17. The highest BCUT2D eigenvalue weighted by Gasteiger charge is 2.46. The normalized spacial score (nSPS) is 29.0. The molecule has 2 unspecified atom stereocenters. The summed E-state index contributed by atoms with van der Waals surface area (Å²) >= 11 is 0. The Kier molecular flexibility index (Phi) is 4.59. The van der Waals surface area contributed by atoms with Crippen molar-refractivity contribution in [2.45, 2.75) is 76.4 Å². The van der Waals surface area contributed by atoms with Gasteiger partial charge in [-0.05, 0) is 50.0 Å². The molecule has 0 radical (unpaired) electrons. The quantitative estimate of drug-likeness (QED) is 0.790. The molecule has 5 heteroatoms. The van der Waals surface area contributed by atoms with Gasteiger partial charge in [-0.2, -0.15) is 0 Å². The van der Waals surface area contributed by atoms with Gasteiger partial charge in [0.25, 0.3) is 0 Å². The molecular weight excluding hydrogens is 332 g/mol. The molecule has 0 aromatic carbocycles. The Morgan fingerprint density at radius 1 is 1.35 bits per heavy atom. The lowest BCUT2D eigenvalue weighted by molar-refractivity contribution is 0.0256. The van der Waals surface area contributed by atoms with Crippen molar-refractivity contribution in [3.05, 3.63) is 40.1 Å². The lowest BCUT2D eigenvalue weighted by Gasteiger charge is -2.28. The fourth-order valence-electron chi connectivity index (χ4n) is 4.64. The summed E-state index contributed by atoms with van der Waals surface area (Å²) in [6.45, 7) is 2.90. The lowest BCUT2D eigenvalue weighted by atomic mass is 9.86. The maximum Gasteiger partial charge on any atom is 0.346 e. The van der Waals surface area contributed by atoms with Crippen LogP contribution in [0.2, 0.25) is 0 Å². The fraction of sp³-hybridized carbons (Fsp3) is 0.667. The van der Waals surface area contributed by atoms with Crippen molar-refractivity contribution in [1.82, 2.24) is 0 Å². The highest BCUT2D eigenvalue weighted by Crippen LogP contribution is 2.53. The molecule has 1 aromatic rings. The number of aromatic hydroxyl groups is 1. The minimum atomic E-state index is -0.785. The second-order valence-corrected chi connectivity index (χ2v) is 8.21. The third kappa shape index (κ3) is 3.29. The second-order valence-electron chi connectivity index (χ2n) is 8.21. The maximum absolute atomic E-state index is 12.7. The highest BCUT2D eigenvalue weighted by atomic mass is 16.5. The van der Waals surface area contributed by atoms with E-state index in [1.165, 1.54) is 0 Å². The van der Waals surface area contributed by atoms with E-state index >= 15 is 0 Å². The first-order valence-electron chi connectivity index (χ1n) is 9.87. The van der Waals surface area contributed by atoms with Crippen molar-refractivity contribution >= 4 is 0 Å². The molecule has 142 valence electrons. The second kappa shape index (κ2) is 6.76. The SMILES string of the molecule is CCCC1(c2c(O)cc(CC3(CC4CCCO4)CC3)oc2=O)CC=CO1. The van der Waals surface area contributed by atoms with Gasteiger partial charge >= 0.3 is 5.63 Å². The molecule has 1 aliphatic carbocycles. The molecule has 3 aliphatic rings. The zero-order chi connectivity index (χ0) is 18.2. The average molecular weight is 360 g/mol. The number of hydrogen-bond acceptors (Lipinski definition) is 5. The van der Waals surface area contributed by atoms with Crippen molar-refractivity contribution in [3.8, 4) is 5.75 Å². The van der Waals surface area contributed by atoms with E-state index in [4.69, 9.17) is 13.9 Å². The van der Waals surface area contributed by atoms with E-state index in [-0.39, 0.29) is 16.7 Å². The summed E-state index contributed by atoms with van der Waals surface area (Å²) < 4.78 is 17.2. The van der Waals surface area contributed by atoms with E-state index in [0.29, 0.717) is 31.1 Å². The molecule has 1 saturated carbocycles. The van der Waals surface area contributed by atoms with Gasteiger partial charge in [-0.1, -0.05) is 13.3 Å². The van der Waals surface area contributed by atoms with Gasteiger partial charge in [0.1, 0.15) is 22.7 Å². The zero-order valence-corrected chi connectivity index (χ0v) is 15.5. The summed E-state index contributed by atoms with van der Waals surface area (Å²) in [6, 6.07) is 1.63. The smallest absolute Gasteiger partial charge is 0.346 e. The van der Waals surface area contributed by atoms with Gasteiger partial charge in [-0.25, -0.2) is 4.79 Å². The molecule has 2 fully saturated rings. The van der Waals surface area contributed by atoms with Crippen LogP contribution in [0, 0.1) is 5.41 Å². The monoisotopic (exact) mass is 360 g/mol. The predicted molar refractivity (Wildman–Crippen MR) is 97.0 cm³/mol. The Morgan fingerprint density at radius 3 is 2.77 bits per heavy atom. The topological polar surface area (TPSA) is 68.9 Å². The summed E-state index contributed by atoms with van der Waals surface area (Å²) in [4.78, 5) is 12.7. The van der Waals surface area contributed by atoms with E-state index in [1.54, 1.807) is 12.3 Å². The van der Waals surface area contributed by atoms with Gasteiger partial charge in [-0.3, -0.25) is 0 Å². The van der Waals surface area contributed by atoms with Crippen LogP contribution in [0.1, 0.15) is 69.6 Å². The van der Waals surface area contributed by atoms with Crippen molar-refractivity contribution < 1.29 is 19.0 Å². The molecule has 5 nitrogen and oxygen atoms in total. The molecule has 4 rings (SSSR count). The zero-order valence-electron chi connectivity index (χ0n) is 15.5. The largest absolute Gasteiger partial charge is 0.507 e. The Hall–Kier alpha value is -1.75. The van der Waals surface area contributed by atoms with Crippen molar-refractivity contribution in [1.29, 1.82) is 0 Å². The summed E-state index contributed by atoms with van der Waals surface area (Å²) in [5, 5.41) is 10.6. The van der Waals surface area contributed by atoms with Crippen molar-refractivity contribution in [2.75, 3.05) is 6.61 Å².